The summed E-state index contributed by atoms with van der Waals surface area (Å²) in [6.07, 6.45) is 2.35. The maximum Gasteiger partial charge on any atom is 0.0594 e. The first-order valence-electron chi connectivity index (χ1n) is 6.18. The number of rotatable bonds is 1. The molecule has 0 spiro atoms. The summed E-state index contributed by atoms with van der Waals surface area (Å²) in [5, 5.41) is 15.8. The van der Waals surface area contributed by atoms with Gasteiger partial charge < -0.3 is 19.8 Å². The van der Waals surface area contributed by atoms with Gasteiger partial charge in [-0.15, -0.1) is 0 Å². The number of hydrogen-bond acceptors (Lipinski definition) is 4. The number of ether oxygens (including phenoxy) is 1. The van der Waals surface area contributed by atoms with Crippen molar-refractivity contribution < 1.29 is 14.9 Å². The predicted molar refractivity (Wildman–Crippen MR) is 72.2 cm³/mol. The molecular formula is C13H31NO3. The van der Waals surface area contributed by atoms with Crippen LogP contribution in [0.5, 0.6) is 0 Å². The van der Waals surface area contributed by atoms with E-state index in [0.717, 1.165) is 20.2 Å². The van der Waals surface area contributed by atoms with Gasteiger partial charge in [0, 0.05) is 20.8 Å². The van der Waals surface area contributed by atoms with Gasteiger partial charge in [0.2, 0.25) is 0 Å². The van der Waals surface area contributed by atoms with E-state index in [9.17, 15) is 0 Å². The fourth-order valence-electron chi connectivity index (χ4n) is 1.24. The third kappa shape index (κ3) is 13.8. The largest absolute Gasteiger partial charge is 0.400 e. The maximum absolute atomic E-state index is 8.76. The second-order valence-electron chi connectivity index (χ2n) is 5.25. The van der Waals surface area contributed by atoms with Gasteiger partial charge in [-0.3, -0.25) is 0 Å². The molecule has 1 saturated heterocycles. The van der Waals surface area contributed by atoms with E-state index in [2.05, 4.69) is 11.9 Å². The van der Waals surface area contributed by atoms with Gasteiger partial charge in [0.25, 0.3) is 0 Å². The molecule has 0 aromatic heterocycles. The van der Waals surface area contributed by atoms with Gasteiger partial charge >= 0.3 is 0 Å². The van der Waals surface area contributed by atoms with E-state index < -0.39 is 0 Å². The standard InChI is InChI=1S/C7H15NO.C5H12O.CH4O/c1-8-4-2-7(6-9)3-5-8;1-5(2,3)6-4;1-2/h7,9H,2-6H2,1H3;1-4H3;2H,1H3. The summed E-state index contributed by atoms with van der Waals surface area (Å²) in [7, 11) is 4.84. The molecule has 0 saturated carbocycles. The molecule has 4 nitrogen and oxygen atoms in total. The van der Waals surface area contributed by atoms with Crippen molar-refractivity contribution in [2.24, 2.45) is 5.92 Å². The fourth-order valence-corrected chi connectivity index (χ4v) is 1.24. The average molecular weight is 249 g/mol. The third-order valence-electron chi connectivity index (χ3n) is 2.71. The Kier molecular flexibility index (Phi) is 12.4. The number of nitrogens with zero attached hydrogens (tertiary/aromatic N) is 1. The summed E-state index contributed by atoms with van der Waals surface area (Å²) in [4.78, 5) is 2.31. The minimum atomic E-state index is 0.0417. The Morgan fingerprint density at radius 2 is 1.53 bits per heavy atom. The minimum absolute atomic E-state index is 0.0417. The van der Waals surface area contributed by atoms with E-state index in [0.29, 0.717) is 12.5 Å². The lowest BCUT2D eigenvalue weighted by atomic mass is 9.98. The Hall–Kier alpha value is -0.160. The SMILES string of the molecule is CN1CCC(CO)CC1.CO.COC(C)(C)C. The van der Waals surface area contributed by atoms with E-state index in [-0.39, 0.29) is 5.60 Å². The molecule has 0 aromatic carbocycles. The van der Waals surface area contributed by atoms with Crippen LogP contribution in [0.2, 0.25) is 0 Å². The number of hydrogen-bond donors (Lipinski definition) is 2. The van der Waals surface area contributed by atoms with Crippen LogP contribution in [-0.2, 0) is 4.74 Å². The first-order valence-corrected chi connectivity index (χ1v) is 6.18. The smallest absolute Gasteiger partial charge is 0.0594 e. The maximum atomic E-state index is 8.76. The molecule has 0 unspecified atom stereocenters. The average Bonchev–Trinajstić information content (AvgIpc) is 2.33. The minimum Gasteiger partial charge on any atom is -0.400 e. The predicted octanol–water partition coefficient (Wildman–Crippen LogP) is 1.36. The Labute approximate surface area is 107 Å². The van der Waals surface area contributed by atoms with Crippen molar-refractivity contribution in [3.8, 4) is 0 Å². The zero-order valence-corrected chi connectivity index (χ0v) is 12.4. The summed E-state index contributed by atoms with van der Waals surface area (Å²) < 4.78 is 4.94. The monoisotopic (exact) mass is 249 g/mol. The highest BCUT2D eigenvalue weighted by molar-refractivity contribution is 4.68. The molecule has 0 amide bonds. The van der Waals surface area contributed by atoms with E-state index in [1.54, 1.807) is 7.11 Å². The molecule has 2 N–H and O–H groups in total. The Balaban J connectivity index is 0. The number of aliphatic hydroxyl groups is 2. The molecule has 0 radical (unpaired) electrons. The first-order chi connectivity index (χ1) is 7.89. The number of methoxy groups -OCH3 is 1. The fraction of sp³-hybridized carbons (Fsp3) is 1.00. The van der Waals surface area contributed by atoms with Crippen LogP contribution in [0.3, 0.4) is 0 Å². The molecule has 1 heterocycles. The Bertz CT molecular complexity index is 149. The summed E-state index contributed by atoms with van der Waals surface area (Å²) in [5.41, 5.74) is 0.0417. The number of piperidine rings is 1. The van der Waals surface area contributed by atoms with Crippen molar-refractivity contribution in [1.29, 1.82) is 0 Å². The van der Waals surface area contributed by atoms with Crippen LogP contribution in [0.15, 0.2) is 0 Å². The zero-order chi connectivity index (χ0) is 13.9. The van der Waals surface area contributed by atoms with E-state index >= 15 is 0 Å². The Morgan fingerprint density at radius 3 is 1.76 bits per heavy atom. The highest BCUT2D eigenvalue weighted by Crippen LogP contribution is 2.14. The lowest BCUT2D eigenvalue weighted by Crippen LogP contribution is -2.31. The van der Waals surface area contributed by atoms with E-state index in [4.69, 9.17) is 14.9 Å². The van der Waals surface area contributed by atoms with Crippen molar-refractivity contribution in [2.45, 2.75) is 39.2 Å². The lowest BCUT2D eigenvalue weighted by Gasteiger charge is -2.27. The number of likely N-dealkylation sites (tertiary alicyclic amines) is 1. The Morgan fingerprint density at radius 1 is 1.18 bits per heavy atom. The van der Waals surface area contributed by atoms with Crippen molar-refractivity contribution in [3.63, 3.8) is 0 Å². The summed E-state index contributed by atoms with van der Waals surface area (Å²) in [6.45, 7) is 8.76. The van der Waals surface area contributed by atoms with E-state index in [1.807, 2.05) is 20.8 Å². The van der Waals surface area contributed by atoms with Crippen molar-refractivity contribution in [3.05, 3.63) is 0 Å². The van der Waals surface area contributed by atoms with Gasteiger partial charge in [0.15, 0.2) is 0 Å². The van der Waals surface area contributed by atoms with Gasteiger partial charge in [-0.2, -0.15) is 0 Å². The van der Waals surface area contributed by atoms with Crippen LogP contribution in [0, 0.1) is 5.92 Å². The topological polar surface area (TPSA) is 52.9 Å². The van der Waals surface area contributed by atoms with Crippen LogP contribution in [0.1, 0.15) is 33.6 Å². The summed E-state index contributed by atoms with van der Waals surface area (Å²) in [5.74, 6) is 0.584. The molecule has 0 bridgehead atoms. The van der Waals surface area contributed by atoms with Crippen molar-refractivity contribution in [1.82, 2.24) is 4.90 Å². The first kappa shape index (κ1) is 19.2. The molecule has 1 aliphatic heterocycles. The highest BCUT2D eigenvalue weighted by Gasteiger charge is 2.14. The van der Waals surface area contributed by atoms with Crippen LogP contribution in [-0.4, -0.2) is 61.7 Å². The molecule has 1 fully saturated rings. The molecule has 0 aliphatic carbocycles. The normalized spacial score (nSPS) is 17.6. The lowest BCUT2D eigenvalue weighted by molar-refractivity contribution is 0.0397. The zero-order valence-electron chi connectivity index (χ0n) is 12.4. The quantitative estimate of drug-likeness (QED) is 0.737. The van der Waals surface area contributed by atoms with Crippen molar-refractivity contribution in [2.75, 3.05) is 41.0 Å². The molecule has 1 aliphatic rings. The van der Waals surface area contributed by atoms with E-state index in [1.165, 1.54) is 12.8 Å². The molecular weight excluding hydrogens is 218 g/mol. The molecule has 4 heteroatoms. The highest BCUT2D eigenvalue weighted by atomic mass is 16.5. The second kappa shape index (κ2) is 11.0. The molecule has 106 valence electrons. The van der Waals surface area contributed by atoms with Gasteiger partial charge in [-0.25, -0.2) is 0 Å². The van der Waals surface area contributed by atoms with Gasteiger partial charge in [0.1, 0.15) is 0 Å². The van der Waals surface area contributed by atoms with Gasteiger partial charge in [0.05, 0.1) is 5.60 Å². The van der Waals surface area contributed by atoms with Gasteiger partial charge in [-0.1, -0.05) is 0 Å². The van der Waals surface area contributed by atoms with Crippen molar-refractivity contribution >= 4 is 0 Å². The summed E-state index contributed by atoms with van der Waals surface area (Å²) in [6, 6.07) is 0. The van der Waals surface area contributed by atoms with Gasteiger partial charge in [-0.05, 0) is 59.7 Å². The third-order valence-corrected chi connectivity index (χ3v) is 2.71. The van der Waals surface area contributed by atoms with Crippen LogP contribution in [0.4, 0.5) is 0 Å². The second-order valence-corrected chi connectivity index (χ2v) is 5.25. The number of aliphatic hydroxyl groups excluding tert-OH is 2. The van der Waals surface area contributed by atoms with Crippen LogP contribution < -0.4 is 0 Å². The van der Waals surface area contributed by atoms with Crippen LogP contribution >= 0.6 is 0 Å². The molecule has 1 rings (SSSR count). The molecule has 0 atom stereocenters. The van der Waals surface area contributed by atoms with Crippen LogP contribution in [0.25, 0.3) is 0 Å². The molecule has 0 aromatic rings. The summed E-state index contributed by atoms with van der Waals surface area (Å²) >= 11 is 0. The molecule has 17 heavy (non-hydrogen) atoms.